The minimum atomic E-state index is -1.04. The topological polar surface area (TPSA) is 105 Å². The number of fused-ring (bicyclic) bond motifs is 3. The van der Waals surface area contributed by atoms with Gasteiger partial charge in [0.1, 0.15) is 12.6 Å². The number of benzene rings is 3. The van der Waals surface area contributed by atoms with E-state index in [1.807, 2.05) is 50.2 Å². The lowest BCUT2D eigenvalue weighted by atomic mass is 9.98. The molecule has 2 amide bonds. The highest BCUT2D eigenvalue weighted by Crippen LogP contribution is 2.44. The van der Waals surface area contributed by atoms with Gasteiger partial charge in [0.05, 0.1) is 5.56 Å². The first-order valence-corrected chi connectivity index (χ1v) is 11.5. The van der Waals surface area contributed by atoms with Crippen LogP contribution in [0, 0.1) is 12.8 Å². The Morgan fingerprint density at radius 2 is 1.54 bits per heavy atom. The summed E-state index contributed by atoms with van der Waals surface area (Å²) in [6.45, 7) is 5.52. The average molecular weight is 473 g/mol. The Hall–Kier alpha value is -4.13. The molecule has 3 aromatic rings. The average Bonchev–Trinajstić information content (AvgIpc) is 3.15. The van der Waals surface area contributed by atoms with Crippen molar-refractivity contribution in [2.45, 2.75) is 32.7 Å². The Morgan fingerprint density at radius 3 is 2.09 bits per heavy atom. The number of aromatic carboxylic acids is 1. The molecule has 3 aromatic carbocycles. The molecule has 180 valence electrons. The van der Waals surface area contributed by atoms with Crippen LogP contribution in [0.25, 0.3) is 11.1 Å². The largest absolute Gasteiger partial charge is 0.478 e. The standard InChI is InChI=1S/C28H28N2O5/c1-16(2)25(26(31)29-24-13-12-18(27(32)33)14-17(24)3)30-28(34)35-15-23-21-10-6-4-8-19(21)20-9-5-7-11-22(20)23/h4-14,16,23,25H,15H2,1-3H3,(H,29,31)(H,30,34)(H,32,33). The minimum absolute atomic E-state index is 0.0742. The molecule has 3 N–H and O–H groups in total. The van der Waals surface area contributed by atoms with E-state index in [2.05, 4.69) is 22.8 Å². The fourth-order valence-corrected chi connectivity index (χ4v) is 4.45. The summed E-state index contributed by atoms with van der Waals surface area (Å²) >= 11 is 0. The number of hydrogen-bond acceptors (Lipinski definition) is 4. The number of aryl methyl sites for hydroxylation is 1. The van der Waals surface area contributed by atoms with E-state index >= 15 is 0 Å². The lowest BCUT2D eigenvalue weighted by molar-refractivity contribution is -0.119. The maximum Gasteiger partial charge on any atom is 0.407 e. The van der Waals surface area contributed by atoms with Gasteiger partial charge in [-0.1, -0.05) is 62.4 Å². The Bertz CT molecular complexity index is 1240. The van der Waals surface area contributed by atoms with Crippen LogP contribution in [0.1, 0.15) is 46.8 Å². The highest BCUT2D eigenvalue weighted by atomic mass is 16.5. The molecular formula is C28H28N2O5. The van der Waals surface area contributed by atoms with Crippen LogP contribution < -0.4 is 10.6 Å². The summed E-state index contributed by atoms with van der Waals surface area (Å²) in [5, 5.41) is 14.6. The zero-order valence-electron chi connectivity index (χ0n) is 19.9. The molecule has 7 heteroatoms. The Balaban J connectivity index is 1.42. The van der Waals surface area contributed by atoms with Crippen LogP contribution in [-0.2, 0) is 9.53 Å². The SMILES string of the molecule is Cc1cc(C(=O)O)ccc1NC(=O)C(NC(=O)OCC1c2ccccc2-c2ccccc21)C(C)C. The molecule has 0 aromatic heterocycles. The maximum absolute atomic E-state index is 13.0. The third-order valence-corrected chi connectivity index (χ3v) is 6.30. The number of ether oxygens (including phenoxy) is 1. The highest BCUT2D eigenvalue weighted by Gasteiger charge is 2.30. The third kappa shape index (κ3) is 5.04. The van der Waals surface area contributed by atoms with Gasteiger partial charge in [0.25, 0.3) is 0 Å². The minimum Gasteiger partial charge on any atom is -0.478 e. The molecule has 0 fully saturated rings. The third-order valence-electron chi connectivity index (χ3n) is 6.30. The second-order valence-corrected chi connectivity index (χ2v) is 9.02. The summed E-state index contributed by atoms with van der Waals surface area (Å²) < 4.78 is 5.59. The van der Waals surface area contributed by atoms with Crippen LogP contribution in [0.2, 0.25) is 0 Å². The fourth-order valence-electron chi connectivity index (χ4n) is 4.45. The van der Waals surface area contributed by atoms with Gasteiger partial charge in [0.15, 0.2) is 0 Å². The summed E-state index contributed by atoms with van der Waals surface area (Å²) in [5.74, 6) is -1.72. The van der Waals surface area contributed by atoms with Crippen LogP contribution in [-0.4, -0.2) is 35.7 Å². The van der Waals surface area contributed by atoms with Gasteiger partial charge >= 0.3 is 12.1 Å². The lowest BCUT2D eigenvalue weighted by Crippen LogP contribution is -2.47. The van der Waals surface area contributed by atoms with Crippen LogP contribution in [0.15, 0.2) is 66.7 Å². The molecular weight excluding hydrogens is 444 g/mol. The van der Waals surface area contributed by atoms with E-state index in [1.165, 1.54) is 12.1 Å². The van der Waals surface area contributed by atoms with E-state index in [-0.39, 0.29) is 24.0 Å². The second kappa shape index (κ2) is 10.0. The first kappa shape index (κ1) is 24.0. The summed E-state index contributed by atoms with van der Waals surface area (Å²) in [5.41, 5.74) is 5.74. The van der Waals surface area contributed by atoms with Crippen LogP contribution >= 0.6 is 0 Å². The Kier molecular flexibility index (Phi) is 6.87. The van der Waals surface area contributed by atoms with E-state index in [0.29, 0.717) is 11.3 Å². The molecule has 0 heterocycles. The first-order chi connectivity index (χ1) is 16.8. The normalized spacial score (nSPS) is 13.0. The predicted molar refractivity (Wildman–Crippen MR) is 134 cm³/mol. The number of carboxylic acids is 1. The van der Waals surface area contributed by atoms with Crippen LogP contribution in [0.5, 0.6) is 0 Å². The summed E-state index contributed by atoms with van der Waals surface area (Å²) in [4.78, 5) is 36.8. The number of amides is 2. The van der Waals surface area contributed by atoms with Gasteiger partial charge in [0, 0.05) is 11.6 Å². The van der Waals surface area contributed by atoms with Gasteiger partial charge in [-0.3, -0.25) is 4.79 Å². The molecule has 0 saturated carbocycles. The summed E-state index contributed by atoms with van der Waals surface area (Å²) in [7, 11) is 0. The molecule has 1 atom stereocenters. The second-order valence-electron chi connectivity index (χ2n) is 9.02. The summed E-state index contributed by atoms with van der Waals surface area (Å²) in [6.07, 6.45) is -0.668. The summed E-state index contributed by atoms with van der Waals surface area (Å²) in [6, 6.07) is 19.8. The number of carbonyl (C=O) groups excluding carboxylic acids is 2. The smallest absolute Gasteiger partial charge is 0.407 e. The molecule has 35 heavy (non-hydrogen) atoms. The number of hydrogen-bond donors (Lipinski definition) is 3. The van der Waals surface area contributed by atoms with Crippen molar-refractivity contribution in [1.29, 1.82) is 0 Å². The van der Waals surface area contributed by atoms with Gasteiger partial charge in [-0.25, -0.2) is 9.59 Å². The van der Waals surface area contributed by atoms with Gasteiger partial charge < -0.3 is 20.5 Å². The van der Waals surface area contributed by atoms with Crippen molar-refractivity contribution in [3.05, 3.63) is 89.0 Å². The number of anilines is 1. The van der Waals surface area contributed by atoms with Crippen molar-refractivity contribution < 1.29 is 24.2 Å². The van der Waals surface area contributed by atoms with E-state index in [9.17, 15) is 14.4 Å². The van der Waals surface area contributed by atoms with E-state index in [4.69, 9.17) is 9.84 Å². The molecule has 7 nitrogen and oxygen atoms in total. The van der Waals surface area contributed by atoms with E-state index in [1.54, 1.807) is 13.0 Å². The van der Waals surface area contributed by atoms with Crippen molar-refractivity contribution in [1.82, 2.24) is 5.32 Å². The van der Waals surface area contributed by atoms with E-state index in [0.717, 1.165) is 22.3 Å². The molecule has 1 aliphatic rings. The molecule has 1 aliphatic carbocycles. The van der Waals surface area contributed by atoms with E-state index < -0.39 is 24.0 Å². The number of carboxylic acid groups (broad SMARTS) is 1. The lowest BCUT2D eigenvalue weighted by Gasteiger charge is -2.23. The fraction of sp³-hybridized carbons (Fsp3) is 0.250. The Morgan fingerprint density at radius 1 is 0.943 bits per heavy atom. The van der Waals surface area contributed by atoms with Crippen molar-refractivity contribution in [3.63, 3.8) is 0 Å². The zero-order chi connectivity index (χ0) is 25.1. The number of alkyl carbamates (subject to hydrolysis) is 1. The van der Waals surface area contributed by atoms with Crippen LogP contribution in [0.3, 0.4) is 0 Å². The predicted octanol–water partition coefficient (Wildman–Crippen LogP) is 5.20. The molecule has 0 bridgehead atoms. The quantitative estimate of drug-likeness (QED) is 0.439. The zero-order valence-corrected chi connectivity index (χ0v) is 19.9. The molecule has 4 rings (SSSR count). The van der Waals surface area contributed by atoms with Crippen molar-refractivity contribution in [2.75, 3.05) is 11.9 Å². The van der Waals surface area contributed by atoms with Crippen molar-refractivity contribution in [2.24, 2.45) is 5.92 Å². The highest BCUT2D eigenvalue weighted by molar-refractivity contribution is 5.98. The molecule has 0 radical (unpaired) electrons. The monoisotopic (exact) mass is 472 g/mol. The van der Waals surface area contributed by atoms with Gasteiger partial charge in [-0.2, -0.15) is 0 Å². The molecule has 0 aliphatic heterocycles. The van der Waals surface area contributed by atoms with Gasteiger partial charge in [-0.15, -0.1) is 0 Å². The number of rotatable bonds is 7. The number of nitrogens with one attached hydrogen (secondary N) is 2. The van der Waals surface area contributed by atoms with Crippen LogP contribution in [0.4, 0.5) is 10.5 Å². The first-order valence-electron chi connectivity index (χ1n) is 11.5. The van der Waals surface area contributed by atoms with Crippen molar-refractivity contribution in [3.8, 4) is 11.1 Å². The molecule has 0 spiro atoms. The van der Waals surface area contributed by atoms with Crippen molar-refractivity contribution >= 4 is 23.7 Å². The molecule has 1 unspecified atom stereocenters. The number of carbonyl (C=O) groups is 3. The van der Waals surface area contributed by atoms with Gasteiger partial charge in [0.2, 0.25) is 5.91 Å². The molecule has 0 saturated heterocycles. The maximum atomic E-state index is 13.0. The Labute approximate surface area is 204 Å². The van der Waals surface area contributed by atoms with Gasteiger partial charge in [-0.05, 0) is 58.9 Å².